The van der Waals surface area contributed by atoms with Crippen LogP contribution in [0.1, 0.15) is 68.1 Å². The van der Waals surface area contributed by atoms with E-state index in [1.807, 2.05) is 0 Å². The number of carbonyl (C=O) groups is 1. The van der Waals surface area contributed by atoms with E-state index in [-0.39, 0.29) is 8.82 Å². The quantitative estimate of drug-likeness (QED) is 0.244. The molecule has 3 N–H and O–H groups in total. The summed E-state index contributed by atoms with van der Waals surface area (Å²) in [6, 6.07) is 0. The van der Waals surface area contributed by atoms with Crippen LogP contribution in [0.4, 0.5) is 0 Å². The minimum absolute atomic E-state index is 0. The van der Waals surface area contributed by atoms with E-state index in [0.29, 0.717) is 12.2 Å². The zero-order valence-corrected chi connectivity index (χ0v) is 14.0. The van der Waals surface area contributed by atoms with Gasteiger partial charge in [0.25, 0.3) is 0 Å². The van der Waals surface area contributed by atoms with Crippen molar-refractivity contribution in [1.82, 2.24) is 0 Å². The third-order valence-corrected chi connectivity index (χ3v) is 2.58. The van der Waals surface area contributed by atoms with Gasteiger partial charge in [0.05, 0.1) is 6.61 Å². The largest absolute Gasteiger partial charge is 0.466 e. The lowest BCUT2D eigenvalue weighted by Crippen LogP contribution is -2.05. The number of ether oxygens (including phenoxy) is 1. The highest BCUT2D eigenvalue weighted by Gasteiger charge is 2.01. The van der Waals surface area contributed by atoms with Crippen molar-refractivity contribution in [3.05, 3.63) is 12.2 Å². The van der Waals surface area contributed by atoms with Crippen LogP contribution in [0.3, 0.4) is 0 Å². The van der Waals surface area contributed by atoms with Gasteiger partial charge in [0.2, 0.25) is 0 Å². The Balaban J connectivity index is -0.000000225. The first-order valence-electron chi connectivity index (χ1n) is 7.29. The minimum atomic E-state index is -4.64. The SMILES string of the molecule is C=C(C)C(=O)OCCCCCCCCCC.O=P(O)(O)O.[HH].[HH]. The highest BCUT2D eigenvalue weighted by Crippen LogP contribution is 2.25. The predicted octanol–water partition coefficient (Wildman–Crippen LogP) is 3.81. The van der Waals surface area contributed by atoms with Crippen molar-refractivity contribution < 1.29 is 31.6 Å². The van der Waals surface area contributed by atoms with E-state index in [9.17, 15) is 4.79 Å². The lowest BCUT2D eigenvalue weighted by atomic mass is 10.1. The second-order valence-corrected chi connectivity index (χ2v) is 5.93. The first kappa shape index (κ1) is 22.6. The lowest BCUT2D eigenvalue weighted by Gasteiger charge is -2.04. The van der Waals surface area contributed by atoms with Gasteiger partial charge in [-0.2, -0.15) is 0 Å². The van der Waals surface area contributed by atoms with Crippen LogP contribution >= 0.6 is 7.82 Å². The van der Waals surface area contributed by atoms with Gasteiger partial charge in [0.15, 0.2) is 0 Å². The summed E-state index contributed by atoms with van der Waals surface area (Å²) in [4.78, 5) is 32.6. The zero-order chi connectivity index (χ0) is 16.7. The van der Waals surface area contributed by atoms with Crippen LogP contribution in [0.5, 0.6) is 0 Å². The molecule has 0 radical (unpaired) electrons. The zero-order valence-electron chi connectivity index (χ0n) is 13.1. The molecule has 0 heterocycles. The normalized spacial score (nSPS) is 10.5. The smallest absolute Gasteiger partial charge is 0.462 e. The van der Waals surface area contributed by atoms with Gasteiger partial charge in [-0.25, -0.2) is 9.36 Å². The topological polar surface area (TPSA) is 104 Å². The number of phosphoric acid groups is 1. The molecule has 0 saturated carbocycles. The fraction of sp³-hybridized carbons (Fsp3) is 0.786. The molecule has 0 aliphatic carbocycles. The van der Waals surface area contributed by atoms with Crippen LogP contribution in [-0.4, -0.2) is 27.3 Å². The Kier molecular flexibility index (Phi) is 15.4. The molecule has 130 valence electrons. The maximum Gasteiger partial charge on any atom is 0.466 e. The summed E-state index contributed by atoms with van der Waals surface area (Å²) in [5.41, 5.74) is 0.486. The number of hydrogen-bond acceptors (Lipinski definition) is 3. The van der Waals surface area contributed by atoms with Crippen molar-refractivity contribution >= 4 is 13.8 Å². The Morgan fingerprint density at radius 3 is 1.81 bits per heavy atom. The van der Waals surface area contributed by atoms with Crippen molar-refractivity contribution in [3.63, 3.8) is 0 Å². The number of esters is 1. The molecule has 0 amide bonds. The third kappa shape index (κ3) is 28.3. The molecule has 0 aromatic rings. The van der Waals surface area contributed by atoms with E-state index >= 15 is 0 Å². The summed E-state index contributed by atoms with van der Waals surface area (Å²) in [7, 11) is -4.64. The number of hydrogen-bond donors (Lipinski definition) is 3. The third-order valence-electron chi connectivity index (χ3n) is 2.58. The number of unbranched alkanes of at least 4 members (excludes halogenated alkanes) is 7. The fourth-order valence-corrected chi connectivity index (χ4v) is 1.52. The van der Waals surface area contributed by atoms with Crippen molar-refractivity contribution in [3.8, 4) is 0 Å². The summed E-state index contributed by atoms with van der Waals surface area (Å²) in [5, 5.41) is 0. The predicted molar refractivity (Wildman–Crippen MR) is 86.9 cm³/mol. The van der Waals surface area contributed by atoms with Crippen LogP contribution in [0.15, 0.2) is 12.2 Å². The molecule has 0 spiro atoms. The second kappa shape index (κ2) is 14.3. The summed E-state index contributed by atoms with van der Waals surface area (Å²) in [5.74, 6) is -0.261. The fourth-order valence-electron chi connectivity index (χ4n) is 1.52. The first-order chi connectivity index (χ1) is 9.68. The standard InChI is InChI=1S/C14H26O2.H3O4P.2H2/c1-4-5-6-7-8-9-10-11-12-16-14(15)13(2)3;1-5(2,3)4;;/h2,4-12H2,1,3H3;(H3,1,2,3,4);2*1H. The molecule has 0 unspecified atom stereocenters. The van der Waals surface area contributed by atoms with Gasteiger partial charge in [-0.15, -0.1) is 0 Å². The number of carbonyl (C=O) groups excluding carboxylic acids is 1. The first-order valence-corrected chi connectivity index (χ1v) is 8.86. The van der Waals surface area contributed by atoms with E-state index < -0.39 is 7.82 Å². The Morgan fingerprint density at radius 1 is 1.05 bits per heavy atom. The van der Waals surface area contributed by atoms with Crippen LogP contribution in [0.2, 0.25) is 0 Å². The van der Waals surface area contributed by atoms with Gasteiger partial charge in [-0.05, 0) is 13.3 Å². The van der Waals surface area contributed by atoms with E-state index in [1.54, 1.807) is 6.92 Å². The summed E-state index contributed by atoms with van der Waals surface area (Å²) in [6.07, 6.45) is 10.1. The molecule has 21 heavy (non-hydrogen) atoms. The summed E-state index contributed by atoms with van der Waals surface area (Å²) < 4.78 is 13.9. The number of rotatable bonds is 10. The Morgan fingerprint density at radius 2 is 1.43 bits per heavy atom. The maximum absolute atomic E-state index is 11.0. The van der Waals surface area contributed by atoms with Crippen LogP contribution in [-0.2, 0) is 14.1 Å². The Bertz CT molecular complexity index is 325. The molecule has 0 aromatic carbocycles. The molecule has 0 aromatic heterocycles. The van der Waals surface area contributed by atoms with Crippen molar-refractivity contribution in [2.75, 3.05) is 6.61 Å². The molecule has 0 fully saturated rings. The molecular formula is C14H33O6P. The highest BCUT2D eigenvalue weighted by atomic mass is 31.2. The molecule has 6 nitrogen and oxygen atoms in total. The molecule has 0 bridgehead atoms. The Hall–Kier alpha value is -0.680. The summed E-state index contributed by atoms with van der Waals surface area (Å²) >= 11 is 0. The van der Waals surface area contributed by atoms with Gasteiger partial charge in [-0.1, -0.05) is 58.4 Å². The Labute approximate surface area is 130 Å². The molecule has 0 saturated heterocycles. The van der Waals surface area contributed by atoms with Gasteiger partial charge in [0.1, 0.15) is 0 Å². The van der Waals surface area contributed by atoms with Crippen molar-refractivity contribution in [1.29, 1.82) is 0 Å². The maximum atomic E-state index is 11.0. The molecule has 7 heteroatoms. The minimum Gasteiger partial charge on any atom is -0.462 e. The lowest BCUT2D eigenvalue weighted by molar-refractivity contribution is -0.139. The summed E-state index contributed by atoms with van der Waals surface area (Å²) in [6.45, 7) is 7.99. The molecular weight excluding hydrogens is 295 g/mol. The van der Waals surface area contributed by atoms with Gasteiger partial charge in [0, 0.05) is 8.43 Å². The van der Waals surface area contributed by atoms with Gasteiger partial charge in [-0.3, -0.25) is 0 Å². The van der Waals surface area contributed by atoms with Crippen LogP contribution < -0.4 is 0 Å². The average Bonchev–Trinajstić information content (AvgIpc) is 2.34. The molecule has 0 aliphatic rings. The van der Waals surface area contributed by atoms with Crippen LogP contribution in [0.25, 0.3) is 0 Å². The monoisotopic (exact) mass is 328 g/mol. The van der Waals surface area contributed by atoms with Gasteiger partial charge < -0.3 is 19.4 Å². The van der Waals surface area contributed by atoms with E-state index in [0.717, 1.165) is 12.8 Å². The van der Waals surface area contributed by atoms with E-state index in [2.05, 4.69) is 13.5 Å². The van der Waals surface area contributed by atoms with Crippen LogP contribution in [0, 0.1) is 0 Å². The molecule has 0 rings (SSSR count). The molecule has 0 atom stereocenters. The van der Waals surface area contributed by atoms with Gasteiger partial charge >= 0.3 is 13.8 Å². The van der Waals surface area contributed by atoms with Crippen molar-refractivity contribution in [2.45, 2.75) is 65.2 Å². The van der Waals surface area contributed by atoms with Crippen molar-refractivity contribution in [2.24, 2.45) is 0 Å². The van der Waals surface area contributed by atoms with E-state index in [1.165, 1.54) is 38.5 Å². The van der Waals surface area contributed by atoms with E-state index in [4.69, 9.17) is 24.0 Å². The second-order valence-electron chi connectivity index (χ2n) is 4.90. The highest BCUT2D eigenvalue weighted by molar-refractivity contribution is 7.45. The molecule has 0 aliphatic heterocycles. The average molecular weight is 328 g/mol.